The van der Waals surface area contributed by atoms with E-state index in [1.54, 1.807) is 16.7 Å². The first kappa shape index (κ1) is 21.1. The van der Waals surface area contributed by atoms with Crippen LogP contribution >= 0.6 is 0 Å². The second-order valence-electron chi connectivity index (χ2n) is 8.35. The van der Waals surface area contributed by atoms with E-state index in [1.165, 1.54) is 6.07 Å². The van der Waals surface area contributed by atoms with E-state index in [0.29, 0.717) is 38.2 Å². The highest BCUT2D eigenvalue weighted by Gasteiger charge is 2.40. The maximum absolute atomic E-state index is 12.9. The third kappa shape index (κ3) is 4.46. The Hall–Kier alpha value is -2.13. The minimum Gasteiger partial charge on any atom is -0.370 e. The number of fused-ring (bicyclic) bond motifs is 1. The number of rotatable bonds is 3. The maximum Gasteiger partial charge on any atom is 0.416 e. The molecule has 6 nitrogen and oxygen atoms in total. The number of hydrogen-bond acceptors (Lipinski definition) is 4. The molecule has 4 rings (SSSR count). The molecule has 2 amide bonds. The largest absolute Gasteiger partial charge is 0.416 e. The van der Waals surface area contributed by atoms with Crippen molar-refractivity contribution in [1.82, 2.24) is 9.80 Å². The summed E-state index contributed by atoms with van der Waals surface area (Å²) in [5, 5.41) is 0. The van der Waals surface area contributed by atoms with Crippen molar-refractivity contribution in [3.8, 4) is 0 Å². The zero-order valence-corrected chi connectivity index (χ0v) is 16.8. The van der Waals surface area contributed by atoms with E-state index in [2.05, 4.69) is 0 Å². The molecule has 0 spiro atoms. The van der Waals surface area contributed by atoms with Crippen LogP contribution in [0, 0.1) is 12.8 Å². The number of ether oxygens (including phenoxy) is 2. The number of alkyl halides is 3. The number of benzene rings is 1. The van der Waals surface area contributed by atoms with E-state index in [1.807, 2.05) is 0 Å². The molecule has 9 heteroatoms. The van der Waals surface area contributed by atoms with Crippen molar-refractivity contribution in [3.05, 3.63) is 34.9 Å². The Kier molecular flexibility index (Phi) is 5.76. The summed E-state index contributed by atoms with van der Waals surface area (Å²) in [5.74, 6) is 0.133. The number of carbonyl (C=O) groups is 2. The van der Waals surface area contributed by atoms with Gasteiger partial charge in [-0.2, -0.15) is 13.2 Å². The van der Waals surface area contributed by atoms with Gasteiger partial charge in [-0.05, 0) is 36.6 Å². The molecule has 0 aromatic heterocycles. The minimum atomic E-state index is -4.39. The minimum absolute atomic E-state index is 0.0509. The molecule has 164 valence electrons. The van der Waals surface area contributed by atoms with Crippen LogP contribution in [0.2, 0.25) is 0 Å². The first-order valence-corrected chi connectivity index (χ1v) is 10.2. The number of ketones is 1. The second kappa shape index (κ2) is 8.19. The van der Waals surface area contributed by atoms with Gasteiger partial charge in [0, 0.05) is 25.4 Å². The molecular weight excluding hydrogens is 401 g/mol. The first-order chi connectivity index (χ1) is 14.2. The number of hydrogen-bond donors (Lipinski definition) is 0. The molecule has 1 aromatic carbocycles. The van der Waals surface area contributed by atoms with Crippen LogP contribution in [0.1, 0.15) is 29.5 Å². The highest BCUT2D eigenvalue weighted by atomic mass is 19.4. The Morgan fingerprint density at radius 1 is 1.23 bits per heavy atom. The molecule has 2 atom stereocenters. The van der Waals surface area contributed by atoms with Crippen LogP contribution in [0.15, 0.2) is 18.2 Å². The van der Waals surface area contributed by atoms with Gasteiger partial charge >= 0.3 is 12.2 Å². The molecule has 0 unspecified atom stereocenters. The van der Waals surface area contributed by atoms with Crippen LogP contribution in [0.25, 0.3) is 0 Å². The molecule has 0 bridgehead atoms. The lowest BCUT2D eigenvalue weighted by atomic mass is 9.88. The van der Waals surface area contributed by atoms with Crippen LogP contribution in [0.5, 0.6) is 0 Å². The topological polar surface area (TPSA) is 59.1 Å². The summed E-state index contributed by atoms with van der Waals surface area (Å²) in [6, 6.07) is 3.55. The molecular formula is C21H25F3N2O4. The Morgan fingerprint density at radius 3 is 2.73 bits per heavy atom. The fourth-order valence-corrected chi connectivity index (χ4v) is 4.26. The van der Waals surface area contributed by atoms with Crippen molar-refractivity contribution in [2.75, 3.05) is 32.8 Å². The summed E-state index contributed by atoms with van der Waals surface area (Å²) >= 11 is 0. The van der Waals surface area contributed by atoms with E-state index in [0.717, 1.165) is 24.1 Å². The van der Waals surface area contributed by atoms with Crippen LogP contribution in [-0.4, -0.2) is 66.6 Å². The Balaban J connectivity index is 1.25. The summed E-state index contributed by atoms with van der Waals surface area (Å²) in [4.78, 5) is 27.8. The van der Waals surface area contributed by atoms with Gasteiger partial charge in [0.15, 0.2) is 5.78 Å². The van der Waals surface area contributed by atoms with E-state index < -0.39 is 11.7 Å². The Morgan fingerprint density at radius 2 is 2.00 bits per heavy atom. The van der Waals surface area contributed by atoms with Gasteiger partial charge in [-0.1, -0.05) is 6.07 Å². The van der Waals surface area contributed by atoms with Crippen molar-refractivity contribution in [1.29, 1.82) is 0 Å². The van der Waals surface area contributed by atoms with Crippen LogP contribution in [0.3, 0.4) is 0 Å². The highest BCUT2D eigenvalue weighted by Crippen LogP contribution is 2.31. The number of piperidine rings is 1. The van der Waals surface area contributed by atoms with Gasteiger partial charge in [-0.3, -0.25) is 4.79 Å². The molecule has 30 heavy (non-hydrogen) atoms. The molecule has 3 heterocycles. The van der Waals surface area contributed by atoms with Crippen LogP contribution < -0.4 is 0 Å². The van der Waals surface area contributed by atoms with Gasteiger partial charge in [-0.25, -0.2) is 4.79 Å². The number of amides is 2. The van der Waals surface area contributed by atoms with Gasteiger partial charge in [0.05, 0.1) is 37.5 Å². The summed E-state index contributed by atoms with van der Waals surface area (Å²) in [7, 11) is 0. The summed E-state index contributed by atoms with van der Waals surface area (Å²) in [6.45, 7) is 3.94. The average molecular weight is 426 g/mol. The molecule has 0 N–H and O–H groups in total. The quantitative estimate of drug-likeness (QED) is 0.746. The van der Waals surface area contributed by atoms with Gasteiger partial charge in [0.25, 0.3) is 0 Å². The lowest BCUT2D eigenvalue weighted by molar-refractivity contribution is -0.140. The second-order valence-corrected chi connectivity index (χ2v) is 8.35. The average Bonchev–Trinajstić information content (AvgIpc) is 2.66. The fourth-order valence-electron chi connectivity index (χ4n) is 4.26. The molecule has 1 aromatic rings. The lowest BCUT2D eigenvalue weighted by Crippen LogP contribution is -2.61. The number of urea groups is 1. The first-order valence-electron chi connectivity index (χ1n) is 10.2. The third-order valence-electron chi connectivity index (χ3n) is 6.15. The van der Waals surface area contributed by atoms with Gasteiger partial charge in [0.1, 0.15) is 6.61 Å². The summed E-state index contributed by atoms with van der Waals surface area (Å²) < 4.78 is 50.0. The summed E-state index contributed by atoms with van der Waals surface area (Å²) in [5.41, 5.74) is 0.548. The van der Waals surface area contributed by atoms with Crippen molar-refractivity contribution in [2.45, 2.75) is 44.8 Å². The maximum atomic E-state index is 12.9. The number of nitrogens with zero attached hydrogens (tertiary/aromatic N) is 2. The van der Waals surface area contributed by atoms with E-state index in [9.17, 15) is 22.8 Å². The molecule has 0 radical (unpaired) electrons. The van der Waals surface area contributed by atoms with Crippen molar-refractivity contribution in [3.63, 3.8) is 0 Å². The predicted molar refractivity (Wildman–Crippen MR) is 101 cm³/mol. The number of Topliss-reactive ketones (excluding diaryl/α,β-unsaturated/α-hetero) is 1. The molecule has 0 saturated carbocycles. The Bertz CT molecular complexity index is 823. The van der Waals surface area contributed by atoms with E-state index >= 15 is 0 Å². The van der Waals surface area contributed by atoms with Gasteiger partial charge in [0.2, 0.25) is 0 Å². The molecule has 3 fully saturated rings. The van der Waals surface area contributed by atoms with Gasteiger partial charge in [-0.15, -0.1) is 0 Å². The SMILES string of the molecule is Cc1ccc(C(F)(F)F)cc1COC1CN(C(=O)N2CC[C@@H]3OCC(=O)C[C@@H]3C2)C1. The van der Waals surface area contributed by atoms with E-state index in [4.69, 9.17) is 9.47 Å². The molecule has 3 aliphatic rings. The van der Waals surface area contributed by atoms with Gasteiger partial charge < -0.3 is 19.3 Å². The Labute approximate surface area is 172 Å². The van der Waals surface area contributed by atoms with Crippen molar-refractivity contribution in [2.24, 2.45) is 5.92 Å². The third-order valence-corrected chi connectivity index (χ3v) is 6.15. The molecule has 0 aliphatic carbocycles. The normalized spacial score (nSPS) is 25.1. The number of likely N-dealkylation sites (tertiary alicyclic amines) is 2. The summed E-state index contributed by atoms with van der Waals surface area (Å²) in [6.07, 6.45) is -3.35. The van der Waals surface area contributed by atoms with Crippen molar-refractivity contribution < 1.29 is 32.2 Å². The highest BCUT2D eigenvalue weighted by molar-refractivity contribution is 5.81. The van der Waals surface area contributed by atoms with Crippen LogP contribution in [0.4, 0.5) is 18.0 Å². The molecule has 3 aliphatic heterocycles. The number of halogens is 3. The zero-order valence-electron chi connectivity index (χ0n) is 16.8. The monoisotopic (exact) mass is 426 g/mol. The number of aryl methyl sites for hydroxylation is 1. The fraction of sp³-hybridized carbons (Fsp3) is 0.619. The van der Waals surface area contributed by atoms with Crippen molar-refractivity contribution >= 4 is 11.8 Å². The smallest absolute Gasteiger partial charge is 0.370 e. The standard InChI is InChI=1S/C21H25F3N2O4/c1-13-2-3-16(21(22,23)24)6-15(13)11-29-18-9-26(10-18)20(28)25-5-4-19-14(8-25)7-17(27)12-30-19/h2-3,6,14,18-19H,4-5,7-12H2,1H3/t14-,19+/m1/s1. The predicted octanol–water partition coefficient (Wildman–Crippen LogP) is 3.01. The molecule has 3 saturated heterocycles. The lowest BCUT2D eigenvalue weighted by Gasteiger charge is -2.45. The van der Waals surface area contributed by atoms with Crippen LogP contribution in [-0.2, 0) is 27.1 Å². The van der Waals surface area contributed by atoms with E-state index in [-0.39, 0.29) is 43.2 Å². The zero-order chi connectivity index (χ0) is 21.5. The number of carbonyl (C=O) groups excluding carboxylic acids is 2.